The number of hydrogen-bond acceptors (Lipinski definition) is 0. The van der Waals surface area contributed by atoms with Crippen molar-refractivity contribution < 1.29 is 0 Å². The standard InChI is InChI=1S/C66H42N4/c1-3-20-43(21-4-1)67-61-35-17-18-36-62(61)68(44-22-5-2-6-23-44)65-42-55-53-31-19-37-63(66(53)52-30-10-9-25-47(52)46-24-7-8-26-48(46)54(55)41-64(65)67)70-59-34-16-13-29-51(59)56-40-45(38-39-60(56)70)69-57-32-14-11-27-49(57)50-28-12-15-33-58(50)69/h1-42H. The van der Waals surface area contributed by atoms with Gasteiger partial charge >= 0.3 is 0 Å². The van der Waals surface area contributed by atoms with Crippen molar-refractivity contribution in [2.75, 3.05) is 0 Å². The van der Waals surface area contributed by atoms with Crippen LogP contribution in [0.15, 0.2) is 255 Å². The van der Waals surface area contributed by atoms with E-state index in [2.05, 4.69) is 273 Å². The van der Waals surface area contributed by atoms with Gasteiger partial charge in [-0.15, -0.1) is 0 Å². The number of hydrogen-bond donors (Lipinski definition) is 0. The van der Waals surface area contributed by atoms with Crippen LogP contribution in [0, 0.1) is 0 Å². The van der Waals surface area contributed by atoms with E-state index in [1.54, 1.807) is 0 Å². The molecule has 0 fully saturated rings. The Labute approximate surface area is 402 Å². The summed E-state index contributed by atoms with van der Waals surface area (Å²) in [5.74, 6) is 0. The summed E-state index contributed by atoms with van der Waals surface area (Å²) >= 11 is 0. The van der Waals surface area contributed by atoms with Crippen molar-refractivity contribution in [3.63, 3.8) is 0 Å². The molecule has 326 valence electrons. The molecule has 0 atom stereocenters. The second-order valence-electron chi connectivity index (χ2n) is 18.4. The van der Waals surface area contributed by atoms with E-state index in [1.165, 1.54) is 81.2 Å². The highest BCUT2D eigenvalue weighted by Gasteiger charge is 2.21. The summed E-state index contributed by atoms with van der Waals surface area (Å²) in [5, 5.41) is 14.5. The van der Waals surface area contributed by atoms with Crippen LogP contribution in [0.3, 0.4) is 0 Å². The van der Waals surface area contributed by atoms with Crippen molar-refractivity contribution in [2.24, 2.45) is 0 Å². The Morgan fingerprint density at radius 2 is 0.529 bits per heavy atom. The molecule has 4 heteroatoms. The zero-order valence-electron chi connectivity index (χ0n) is 38.0. The molecule has 12 aromatic carbocycles. The Morgan fingerprint density at radius 3 is 1.09 bits per heavy atom. The lowest BCUT2D eigenvalue weighted by molar-refractivity contribution is 1.09. The van der Waals surface area contributed by atoms with Gasteiger partial charge in [-0.25, -0.2) is 0 Å². The molecule has 0 radical (unpaired) electrons. The van der Waals surface area contributed by atoms with Crippen LogP contribution in [0.2, 0.25) is 0 Å². The second-order valence-corrected chi connectivity index (χ2v) is 18.4. The molecule has 70 heavy (non-hydrogen) atoms. The van der Waals surface area contributed by atoms with Crippen LogP contribution < -0.4 is 0 Å². The molecule has 0 spiro atoms. The molecule has 0 saturated heterocycles. The molecule has 0 N–H and O–H groups in total. The number of aromatic nitrogens is 4. The van der Waals surface area contributed by atoms with Gasteiger partial charge in [0.05, 0.1) is 49.8 Å². The topological polar surface area (TPSA) is 19.7 Å². The fraction of sp³-hybridized carbons (Fsp3) is 0. The van der Waals surface area contributed by atoms with E-state index in [9.17, 15) is 0 Å². The summed E-state index contributed by atoms with van der Waals surface area (Å²) in [6.07, 6.45) is 0. The van der Waals surface area contributed by atoms with Crippen LogP contribution in [0.25, 0.3) is 132 Å². The predicted molar refractivity (Wildman–Crippen MR) is 296 cm³/mol. The second kappa shape index (κ2) is 15.1. The highest BCUT2D eigenvalue weighted by Crippen LogP contribution is 2.44. The van der Waals surface area contributed by atoms with Crippen LogP contribution in [-0.4, -0.2) is 18.3 Å². The monoisotopic (exact) mass is 890 g/mol. The van der Waals surface area contributed by atoms with Crippen LogP contribution in [0.1, 0.15) is 0 Å². The van der Waals surface area contributed by atoms with Gasteiger partial charge in [0, 0.05) is 44.0 Å². The minimum absolute atomic E-state index is 1.11. The fourth-order valence-corrected chi connectivity index (χ4v) is 11.9. The Kier molecular flexibility index (Phi) is 8.33. The minimum Gasteiger partial charge on any atom is -0.309 e. The smallest absolute Gasteiger partial charge is 0.0709 e. The molecular formula is C66H42N4. The molecule has 0 bridgehead atoms. The van der Waals surface area contributed by atoms with Crippen molar-refractivity contribution in [3.05, 3.63) is 255 Å². The van der Waals surface area contributed by atoms with Gasteiger partial charge in [0.1, 0.15) is 0 Å². The van der Waals surface area contributed by atoms with Crippen molar-refractivity contribution >= 4 is 109 Å². The first-order valence-electron chi connectivity index (χ1n) is 24.1. The molecule has 0 aliphatic carbocycles. The van der Waals surface area contributed by atoms with Crippen molar-refractivity contribution in [3.8, 4) is 22.7 Å². The maximum Gasteiger partial charge on any atom is 0.0709 e. The van der Waals surface area contributed by atoms with Gasteiger partial charge in [-0.05, 0) is 129 Å². The van der Waals surface area contributed by atoms with Crippen LogP contribution >= 0.6 is 0 Å². The third-order valence-corrected chi connectivity index (χ3v) is 14.8. The summed E-state index contributed by atoms with van der Waals surface area (Å²) < 4.78 is 9.85. The van der Waals surface area contributed by atoms with Gasteiger partial charge in [0.15, 0.2) is 0 Å². The van der Waals surface area contributed by atoms with E-state index in [0.717, 1.165) is 50.3 Å². The minimum atomic E-state index is 1.11. The van der Waals surface area contributed by atoms with E-state index in [1.807, 2.05) is 0 Å². The third kappa shape index (κ3) is 5.53. The lowest BCUT2D eigenvalue weighted by Crippen LogP contribution is -2.08. The van der Waals surface area contributed by atoms with Gasteiger partial charge in [-0.2, -0.15) is 0 Å². The first-order chi connectivity index (χ1) is 34.8. The van der Waals surface area contributed by atoms with E-state index in [0.29, 0.717) is 0 Å². The van der Waals surface area contributed by atoms with E-state index < -0.39 is 0 Å². The quantitative estimate of drug-likeness (QED) is 0.157. The molecule has 0 unspecified atom stereocenters. The predicted octanol–water partition coefficient (Wildman–Crippen LogP) is 17.5. The van der Waals surface area contributed by atoms with Gasteiger partial charge in [-0.1, -0.05) is 164 Å². The van der Waals surface area contributed by atoms with E-state index in [-0.39, 0.29) is 0 Å². The maximum atomic E-state index is 2.52. The molecule has 0 saturated carbocycles. The van der Waals surface area contributed by atoms with E-state index in [4.69, 9.17) is 0 Å². The highest BCUT2D eigenvalue weighted by atomic mass is 15.1. The van der Waals surface area contributed by atoms with Crippen molar-refractivity contribution in [1.29, 1.82) is 0 Å². The van der Waals surface area contributed by atoms with Gasteiger partial charge in [0.25, 0.3) is 0 Å². The fourth-order valence-electron chi connectivity index (χ4n) is 11.9. The van der Waals surface area contributed by atoms with Crippen LogP contribution in [0.5, 0.6) is 0 Å². The number of para-hydroxylation sites is 7. The number of nitrogens with zero attached hydrogens (tertiary/aromatic N) is 4. The SMILES string of the molecule is c1ccc(-n2c3ccccc3n(-c3ccccc3)c3cc4c(cc32)c2ccccc2c2ccccc2c2c(-n3c5ccccc5c5cc(-n6c7ccccc7c7ccccc76)ccc53)cccc42)cc1. The molecule has 3 aromatic heterocycles. The molecule has 0 aliphatic heterocycles. The normalized spacial score (nSPS) is 12.0. The van der Waals surface area contributed by atoms with Gasteiger partial charge < -0.3 is 18.3 Å². The molecular weight excluding hydrogens is 849 g/mol. The van der Waals surface area contributed by atoms with Crippen LogP contribution in [0.4, 0.5) is 0 Å². The first kappa shape index (κ1) is 38.7. The summed E-state index contributed by atoms with van der Waals surface area (Å²) in [6, 6.07) is 93.9. The average molecular weight is 891 g/mol. The molecule has 0 amide bonds. The number of fused-ring (bicyclic) bond motifs is 16. The van der Waals surface area contributed by atoms with Crippen molar-refractivity contribution in [2.45, 2.75) is 0 Å². The lowest BCUT2D eigenvalue weighted by Gasteiger charge is -2.23. The average Bonchev–Trinajstić information content (AvgIpc) is 3.95. The van der Waals surface area contributed by atoms with Gasteiger partial charge in [0.2, 0.25) is 0 Å². The Morgan fingerprint density at radius 1 is 0.171 bits per heavy atom. The molecule has 15 rings (SSSR count). The zero-order valence-corrected chi connectivity index (χ0v) is 38.0. The van der Waals surface area contributed by atoms with Gasteiger partial charge in [-0.3, -0.25) is 0 Å². The molecule has 15 aromatic rings. The summed E-state index contributed by atoms with van der Waals surface area (Å²) in [7, 11) is 0. The molecule has 4 nitrogen and oxygen atoms in total. The summed E-state index contributed by atoms with van der Waals surface area (Å²) in [5.41, 5.74) is 13.7. The molecule has 3 heterocycles. The Balaban J connectivity index is 1.12. The zero-order chi connectivity index (χ0) is 45.9. The first-order valence-corrected chi connectivity index (χ1v) is 24.1. The third-order valence-electron chi connectivity index (χ3n) is 14.8. The largest absolute Gasteiger partial charge is 0.309 e. The summed E-state index contributed by atoms with van der Waals surface area (Å²) in [4.78, 5) is 0. The van der Waals surface area contributed by atoms with Crippen LogP contribution in [-0.2, 0) is 0 Å². The van der Waals surface area contributed by atoms with Crippen molar-refractivity contribution in [1.82, 2.24) is 18.3 Å². The van der Waals surface area contributed by atoms with E-state index >= 15 is 0 Å². The number of rotatable bonds is 4. The number of benzene rings is 11. The molecule has 0 aliphatic rings. The summed E-state index contributed by atoms with van der Waals surface area (Å²) in [6.45, 7) is 0. The lowest BCUT2D eigenvalue weighted by atomic mass is 9.93. The highest BCUT2D eigenvalue weighted by molar-refractivity contribution is 6.29. The Bertz CT molecular complexity index is 4650. The maximum absolute atomic E-state index is 2.52. The Hall–Kier alpha value is -9.38.